The molecule has 0 aromatic heterocycles. The van der Waals surface area contributed by atoms with Gasteiger partial charge < -0.3 is 10.6 Å². The lowest BCUT2D eigenvalue weighted by Crippen LogP contribution is -2.47. The van der Waals surface area contributed by atoms with Gasteiger partial charge in [-0.3, -0.25) is 9.59 Å². The first-order valence-corrected chi connectivity index (χ1v) is 10.2. The Kier molecular flexibility index (Phi) is 6.85. The Morgan fingerprint density at radius 3 is 2.25 bits per heavy atom. The molecule has 1 aliphatic rings. The van der Waals surface area contributed by atoms with Crippen molar-refractivity contribution < 1.29 is 9.59 Å². The highest BCUT2D eigenvalue weighted by molar-refractivity contribution is 5.97. The summed E-state index contributed by atoms with van der Waals surface area (Å²) in [4.78, 5) is 25.8. The van der Waals surface area contributed by atoms with Gasteiger partial charge in [-0.1, -0.05) is 55.7 Å². The highest BCUT2D eigenvalue weighted by atomic mass is 16.2. The van der Waals surface area contributed by atoms with E-state index >= 15 is 0 Å². The number of carbonyl (C=O) groups is 2. The zero-order valence-electron chi connectivity index (χ0n) is 16.8. The van der Waals surface area contributed by atoms with Crippen LogP contribution in [0.25, 0.3) is 0 Å². The van der Waals surface area contributed by atoms with Crippen LogP contribution in [0.2, 0.25) is 0 Å². The number of nitrogens with one attached hydrogen (secondary N) is 2. The molecule has 4 heteroatoms. The topological polar surface area (TPSA) is 58.2 Å². The fourth-order valence-corrected chi connectivity index (χ4v) is 3.99. The van der Waals surface area contributed by atoms with E-state index in [4.69, 9.17) is 0 Å². The molecule has 1 saturated carbocycles. The van der Waals surface area contributed by atoms with Crippen molar-refractivity contribution in [2.75, 3.05) is 5.32 Å². The summed E-state index contributed by atoms with van der Waals surface area (Å²) in [5.41, 5.74) is 4.00. The quantitative estimate of drug-likeness (QED) is 0.775. The van der Waals surface area contributed by atoms with E-state index < -0.39 is 6.04 Å². The van der Waals surface area contributed by atoms with Crippen molar-refractivity contribution in [3.8, 4) is 0 Å². The Labute approximate surface area is 167 Å². The highest BCUT2D eigenvalue weighted by Gasteiger charge is 2.27. The average molecular weight is 379 g/mol. The smallest absolute Gasteiger partial charge is 0.247 e. The third kappa shape index (κ3) is 5.69. The maximum absolute atomic E-state index is 13.0. The fraction of sp³-hybridized carbons (Fsp3) is 0.417. The average Bonchev–Trinajstić information content (AvgIpc) is 2.68. The largest absolute Gasteiger partial charge is 0.344 e. The Bertz CT molecular complexity index is 790. The van der Waals surface area contributed by atoms with Gasteiger partial charge in [0.25, 0.3) is 0 Å². The number of carbonyl (C=O) groups excluding carboxylic acids is 2. The lowest BCUT2D eigenvalue weighted by molar-refractivity contribution is -0.130. The highest BCUT2D eigenvalue weighted by Crippen LogP contribution is 2.24. The van der Waals surface area contributed by atoms with Crippen LogP contribution in [0, 0.1) is 19.8 Å². The standard InChI is InChI=1S/C24H30N2O2/c1-17-13-18(2)15-21(14-17)25-24(28)22(16-19-9-5-3-6-10-19)26-23(27)20-11-7-4-8-12-20/h3,5-6,9-10,13-15,20,22H,4,7-8,11-12,16H2,1-2H3,(H,25,28)(H,26,27)/t22-/m1/s1. The van der Waals surface area contributed by atoms with E-state index in [0.29, 0.717) is 6.42 Å². The lowest BCUT2D eigenvalue weighted by atomic mass is 9.88. The molecule has 2 N–H and O–H groups in total. The molecule has 3 rings (SSSR count). The number of aryl methyl sites for hydroxylation is 2. The normalized spacial score (nSPS) is 15.6. The Morgan fingerprint density at radius 2 is 1.61 bits per heavy atom. The molecule has 28 heavy (non-hydrogen) atoms. The second-order valence-corrected chi connectivity index (χ2v) is 7.95. The molecule has 148 valence electrons. The molecular weight excluding hydrogens is 348 g/mol. The first-order chi connectivity index (χ1) is 13.5. The minimum absolute atomic E-state index is 0.0104. The van der Waals surface area contributed by atoms with Gasteiger partial charge in [0.1, 0.15) is 6.04 Å². The molecule has 2 amide bonds. The molecular formula is C24H30N2O2. The summed E-state index contributed by atoms with van der Waals surface area (Å²) in [6.45, 7) is 4.02. The van der Waals surface area contributed by atoms with E-state index in [0.717, 1.165) is 48.1 Å². The van der Waals surface area contributed by atoms with Gasteiger partial charge in [0.05, 0.1) is 0 Å². The Morgan fingerprint density at radius 1 is 0.964 bits per heavy atom. The molecule has 1 atom stereocenters. The zero-order chi connectivity index (χ0) is 19.9. The van der Waals surface area contributed by atoms with Gasteiger partial charge >= 0.3 is 0 Å². The van der Waals surface area contributed by atoms with Crippen LogP contribution < -0.4 is 10.6 Å². The molecule has 0 unspecified atom stereocenters. The van der Waals surface area contributed by atoms with Crippen LogP contribution in [-0.2, 0) is 16.0 Å². The summed E-state index contributed by atoms with van der Waals surface area (Å²) in [6, 6.07) is 15.2. The monoisotopic (exact) mass is 378 g/mol. The van der Waals surface area contributed by atoms with Crippen molar-refractivity contribution in [2.45, 2.75) is 58.4 Å². The van der Waals surface area contributed by atoms with E-state index in [9.17, 15) is 9.59 Å². The van der Waals surface area contributed by atoms with Crippen molar-refractivity contribution >= 4 is 17.5 Å². The maximum atomic E-state index is 13.0. The molecule has 0 radical (unpaired) electrons. The van der Waals surface area contributed by atoms with Crippen LogP contribution in [0.15, 0.2) is 48.5 Å². The fourth-order valence-electron chi connectivity index (χ4n) is 3.99. The van der Waals surface area contributed by atoms with Gasteiger partial charge in [-0.15, -0.1) is 0 Å². The molecule has 0 aliphatic heterocycles. The first-order valence-electron chi connectivity index (χ1n) is 10.2. The van der Waals surface area contributed by atoms with Crippen LogP contribution in [0.3, 0.4) is 0 Å². The minimum Gasteiger partial charge on any atom is -0.344 e. The number of benzene rings is 2. The van der Waals surface area contributed by atoms with Crippen LogP contribution in [-0.4, -0.2) is 17.9 Å². The van der Waals surface area contributed by atoms with Crippen LogP contribution >= 0.6 is 0 Å². The molecule has 0 spiro atoms. The van der Waals surface area contributed by atoms with Crippen molar-refractivity contribution in [3.05, 3.63) is 65.2 Å². The summed E-state index contributed by atoms with van der Waals surface area (Å²) in [7, 11) is 0. The van der Waals surface area contributed by atoms with Gasteiger partial charge in [0.2, 0.25) is 11.8 Å². The second-order valence-electron chi connectivity index (χ2n) is 7.95. The number of amides is 2. The van der Waals surface area contributed by atoms with Crippen molar-refractivity contribution in [1.82, 2.24) is 5.32 Å². The van der Waals surface area contributed by atoms with Gasteiger partial charge in [-0.05, 0) is 55.5 Å². The van der Waals surface area contributed by atoms with Crippen molar-refractivity contribution in [1.29, 1.82) is 0 Å². The van der Waals surface area contributed by atoms with E-state index in [1.807, 2.05) is 56.3 Å². The van der Waals surface area contributed by atoms with E-state index in [1.54, 1.807) is 0 Å². The first kappa shape index (κ1) is 20.1. The van der Waals surface area contributed by atoms with E-state index in [2.05, 4.69) is 16.7 Å². The van der Waals surface area contributed by atoms with Crippen LogP contribution in [0.1, 0.15) is 48.8 Å². The van der Waals surface area contributed by atoms with Crippen molar-refractivity contribution in [2.24, 2.45) is 5.92 Å². The Balaban J connectivity index is 1.74. The molecule has 4 nitrogen and oxygen atoms in total. The molecule has 0 bridgehead atoms. The Hall–Kier alpha value is -2.62. The van der Waals surface area contributed by atoms with Gasteiger partial charge in [-0.25, -0.2) is 0 Å². The molecule has 0 saturated heterocycles. The number of rotatable bonds is 6. The summed E-state index contributed by atoms with van der Waals surface area (Å²) >= 11 is 0. The summed E-state index contributed by atoms with van der Waals surface area (Å²) in [5.74, 6) is -0.129. The third-order valence-electron chi connectivity index (χ3n) is 5.38. The molecule has 1 fully saturated rings. The maximum Gasteiger partial charge on any atom is 0.247 e. The van der Waals surface area contributed by atoms with Crippen molar-refractivity contribution in [3.63, 3.8) is 0 Å². The third-order valence-corrected chi connectivity index (χ3v) is 5.38. The van der Waals surface area contributed by atoms with Gasteiger partial charge in [0.15, 0.2) is 0 Å². The van der Waals surface area contributed by atoms with Gasteiger partial charge in [0, 0.05) is 18.0 Å². The van der Waals surface area contributed by atoms with Crippen LogP contribution in [0.5, 0.6) is 0 Å². The van der Waals surface area contributed by atoms with Crippen LogP contribution in [0.4, 0.5) is 5.69 Å². The lowest BCUT2D eigenvalue weighted by Gasteiger charge is -2.25. The van der Waals surface area contributed by atoms with Gasteiger partial charge in [-0.2, -0.15) is 0 Å². The summed E-state index contributed by atoms with van der Waals surface area (Å²) < 4.78 is 0. The minimum atomic E-state index is -0.586. The second kappa shape index (κ2) is 9.54. The predicted octanol–water partition coefficient (Wildman–Crippen LogP) is 4.55. The molecule has 1 aliphatic carbocycles. The molecule has 2 aromatic rings. The summed E-state index contributed by atoms with van der Waals surface area (Å²) in [5, 5.41) is 6.03. The van der Waals surface area contributed by atoms with E-state index in [1.165, 1.54) is 6.42 Å². The number of anilines is 1. The van der Waals surface area contributed by atoms with E-state index in [-0.39, 0.29) is 17.7 Å². The molecule has 2 aromatic carbocycles. The molecule has 0 heterocycles. The predicted molar refractivity (Wildman–Crippen MR) is 113 cm³/mol. The number of hydrogen-bond acceptors (Lipinski definition) is 2. The zero-order valence-corrected chi connectivity index (χ0v) is 16.8. The SMILES string of the molecule is Cc1cc(C)cc(NC(=O)[C@@H](Cc2ccccc2)NC(=O)C2CCCCC2)c1. The number of hydrogen-bond donors (Lipinski definition) is 2. The summed E-state index contributed by atoms with van der Waals surface area (Å²) in [6.07, 6.45) is 5.71.